The van der Waals surface area contributed by atoms with Crippen molar-refractivity contribution in [1.82, 2.24) is 0 Å². The number of aliphatic hydroxyl groups is 1. The minimum absolute atomic E-state index is 0.149. The van der Waals surface area contributed by atoms with Gasteiger partial charge in [-0.1, -0.05) is 40.7 Å². The fourth-order valence-corrected chi connectivity index (χ4v) is 3.22. The second-order valence-electron chi connectivity index (χ2n) is 6.20. The van der Waals surface area contributed by atoms with E-state index in [-0.39, 0.29) is 11.2 Å². The number of allylic oxidation sites excluding steroid dienone is 4. The molecule has 0 heterocycles. The fraction of sp³-hybridized carbons (Fsp3) is 0.643. The lowest BCUT2D eigenvalue weighted by atomic mass is 9.76. The summed E-state index contributed by atoms with van der Waals surface area (Å²) in [5, 5.41) is 9.94. The molecule has 1 N–H and O–H groups in total. The second-order valence-corrected chi connectivity index (χ2v) is 7.11. The van der Waals surface area contributed by atoms with E-state index in [2.05, 4.69) is 0 Å². The van der Waals surface area contributed by atoms with Crippen LogP contribution in [0.3, 0.4) is 0 Å². The molecule has 0 aromatic heterocycles. The zero-order valence-electron chi connectivity index (χ0n) is 11.7. The summed E-state index contributed by atoms with van der Waals surface area (Å²) in [5.41, 5.74) is 0.543. The summed E-state index contributed by atoms with van der Waals surface area (Å²) < 4.78 is 23.1. The first kappa shape index (κ1) is 15.0. The van der Waals surface area contributed by atoms with Crippen LogP contribution < -0.4 is 0 Å². The molecular formula is C14H22O3S. The Kier molecular flexibility index (Phi) is 4.43. The normalized spacial score (nSPS) is 20.8. The van der Waals surface area contributed by atoms with Gasteiger partial charge in [-0.3, -0.25) is 0 Å². The molecule has 1 unspecified atom stereocenters. The van der Waals surface area contributed by atoms with Crippen LogP contribution in [0.25, 0.3) is 0 Å². The van der Waals surface area contributed by atoms with Crippen molar-refractivity contribution in [2.45, 2.75) is 41.0 Å². The van der Waals surface area contributed by atoms with Crippen LogP contribution in [0.5, 0.6) is 0 Å². The first-order valence-corrected chi connectivity index (χ1v) is 7.30. The van der Waals surface area contributed by atoms with Crippen molar-refractivity contribution in [3.8, 4) is 0 Å². The van der Waals surface area contributed by atoms with Gasteiger partial charge >= 0.3 is 0 Å². The molecule has 0 aromatic rings. The first-order chi connectivity index (χ1) is 8.14. The van der Waals surface area contributed by atoms with Crippen molar-refractivity contribution >= 4 is 15.2 Å². The van der Waals surface area contributed by atoms with Crippen LogP contribution in [0.1, 0.15) is 41.0 Å². The molecule has 18 heavy (non-hydrogen) atoms. The van der Waals surface area contributed by atoms with Crippen molar-refractivity contribution in [1.29, 1.82) is 0 Å². The van der Waals surface area contributed by atoms with Gasteiger partial charge in [-0.25, -0.2) is 0 Å². The van der Waals surface area contributed by atoms with E-state index in [1.54, 1.807) is 12.2 Å². The van der Waals surface area contributed by atoms with E-state index in [4.69, 9.17) is 0 Å². The highest BCUT2D eigenvalue weighted by atomic mass is 32.2. The van der Waals surface area contributed by atoms with Crippen molar-refractivity contribution < 1.29 is 13.5 Å². The van der Waals surface area contributed by atoms with Gasteiger partial charge < -0.3 is 5.11 Å². The van der Waals surface area contributed by atoms with Crippen LogP contribution >= 0.6 is 0 Å². The van der Waals surface area contributed by atoms with Gasteiger partial charge in [0.1, 0.15) is 5.76 Å². The molecule has 1 aliphatic carbocycles. The topological polar surface area (TPSA) is 54.4 Å². The highest BCUT2D eigenvalue weighted by Crippen LogP contribution is 2.35. The number of hydrogen-bond donors (Lipinski definition) is 1. The molecule has 0 saturated heterocycles. The zero-order valence-corrected chi connectivity index (χ0v) is 12.5. The Hall–Kier alpha value is -1.03. The average Bonchev–Trinajstić information content (AvgIpc) is 2.17. The summed E-state index contributed by atoms with van der Waals surface area (Å²) in [6, 6.07) is 0. The summed E-state index contributed by atoms with van der Waals surface area (Å²) >= 11 is 0. The van der Waals surface area contributed by atoms with Crippen LogP contribution in [0.2, 0.25) is 0 Å². The van der Waals surface area contributed by atoms with Gasteiger partial charge in [-0.15, -0.1) is 0 Å². The average molecular weight is 270 g/mol. The maximum absolute atomic E-state index is 11.5. The molecule has 0 aromatic carbocycles. The Balaban J connectivity index is 3.37. The third-order valence-electron chi connectivity index (χ3n) is 3.05. The molecule has 0 saturated carbocycles. The van der Waals surface area contributed by atoms with Gasteiger partial charge in [0.25, 0.3) is 0 Å². The van der Waals surface area contributed by atoms with E-state index < -0.39 is 16.2 Å². The maximum atomic E-state index is 11.5. The van der Waals surface area contributed by atoms with Gasteiger partial charge in [0, 0.05) is 0 Å². The monoisotopic (exact) mass is 270 g/mol. The SMILES string of the molecule is CC(C)CC1C(O)=CC=C(C(C)(C)C)C1=S(=O)=O. The predicted octanol–water partition coefficient (Wildman–Crippen LogP) is 3.13. The third-order valence-corrected chi connectivity index (χ3v) is 3.92. The number of rotatable bonds is 2. The van der Waals surface area contributed by atoms with E-state index >= 15 is 0 Å². The molecule has 1 rings (SSSR count). The lowest BCUT2D eigenvalue weighted by Gasteiger charge is -2.30. The maximum Gasteiger partial charge on any atom is 0.218 e. The third kappa shape index (κ3) is 3.25. The van der Waals surface area contributed by atoms with E-state index in [1.807, 2.05) is 34.6 Å². The van der Waals surface area contributed by atoms with Crippen LogP contribution in [0.4, 0.5) is 0 Å². The summed E-state index contributed by atoms with van der Waals surface area (Å²) in [6.45, 7) is 9.98. The Bertz CT molecular complexity index is 506. The molecule has 0 fully saturated rings. The second kappa shape index (κ2) is 5.31. The molecule has 0 aliphatic heterocycles. The highest BCUT2D eigenvalue weighted by molar-refractivity contribution is 7.73. The quantitative estimate of drug-likeness (QED) is 0.784. The summed E-state index contributed by atoms with van der Waals surface area (Å²) in [6.07, 6.45) is 3.99. The Labute approximate surface area is 111 Å². The minimum Gasteiger partial charge on any atom is -0.512 e. The number of hydrogen-bond acceptors (Lipinski definition) is 3. The number of aliphatic hydroxyl groups excluding tert-OH is 1. The molecule has 102 valence electrons. The molecular weight excluding hydrogens is 248 g/mol. The molecule has 0 amide bonds. The largest absolute Gasteiger partial charge is 0.512 e. The zero-order chi connectivity index (χ0) is 14.1. The summed E-state index contributed by atoms with van der Waals surface area (Å²) in [4.78, 5) is 0.344. The van der Waals surface area contributed by atoms with Crippen molar-refractivity contribution in [3.63, 3.8) is 0 Å². The van der Waals surface area contributed by atoms with Crippen LogP contribution in [0, 0.1) is 17.3 Å². The molecule has 3 nitrogen and oxygen atoms in total. The molecule has 0 bridgehead atoms. The van der Waals surface area contributed by atoms with Gasteiger partial charge in [-0.2, -0.15) is 8.42 Å². The molecule has 4 heteroatoms. The molecule has 1 aliphatic rings. The predicted molar refractivity (Wildman–Crippen MR) is 75.1 cm³/mol. The van der Waals surface area contributed by atoms with Crippen molar-refractivity contribution in [2.75, 3.05) is 0 Å². The first-order valence-electron chi connectivity index (χ1n) is 6.22. The van der Waals surface area contributed by atoms with Gasteiger partial charge in [0.05, 0.1) is 10.8 Å². The lowest BCUT2D eigenvalue weighted by Crippen LogP contribution is -2.30. The van der Waals surface area contributed by atoms with E-state index in [9.17, 15) is 13.5 Å². The Morgan fingerprint density at radius 2 is 1.83 bits per heavy atom. The Morgan fingerprint density at radius 1 is 1.28 bits per heavy atom. The van der Waals surface area contributed by atoms with E-state index in [0.29, 0.717) is 17.2 Å². The lowest BCUT2D eigenvalue weighted by molar-refractivity contribution is 0.338. The van der Waals surface area contributed by atoms with Crippen molar-refractivity contribution in [3.05, 3.63) is 23.5 Å². The van der Waals surface area contributed by atoms with Crippen LogP contribution in [-0.4, -0.2) is 18.4 Å². The minimum atomic E-state index is -2.30. The molecule has 0 radical (unpaired) electrons. The fourth-order valence-electron chi connectivity index (χ4n) is 2.21. The van der Waals surface area contributed by atoms with Gasteiger partial charge in [0.15, 0.2) is 0 Å². The summed E-state index contributed by atoms with van der Waals surface area (Å²) in [7, 11) is -2.30. The standard InChI is InChI=1S/C14H22O3S/c1-9(2)8-10-12(15)7-6-11(14(3,4)5)13(10)18(16)17/h6-7,9-10,15H,8H2,1-5H3. The smallest absolute Gasteiger partial charge is 0.218 e. The van der Waals surface area contributed by atoms with Gasteiger partial charge in [0.2, 0.25) is 10.3 Å². The van der Waals surface area contributed by atoms with E-state index in [0.717, 1.165) is 5.57 Å². The Morgan fingerprint density at radius 3 is 2.22 bits per heavy atom. The van der Waals surface area contributed by atoms with Crippen LogP contribution in [-0.2, 0) is 10.3 Å². The van der Waals surface area contributed by atoms with E-state index in [1.165, 1.54) is 0 Å². The van der Waals surface area contributed by atoms with Gasteiger partial charge in [-0.05, 0) is 29.4 Å². The highest BCUT2D eigenvalue weighted by Gasteiger charge is 2.33. The summed E-state index contributed by atoms with van der Waals surface area (Å²) in [5.74, 6) is 0.0712. The van der Waals surface area contributed by atoms with Crippen molar-refractivity contribution in [2.24, 2.45) is 17.3 Å². The molecule has 0 spiro atoms. The van der Waals surface area contributed by atoms with Crippen LogP contribution in [0.15, 0.2) is 23.5 Å². The molecule has 1 atom stereocenters.